The second-order valence-electron chi connectivity index (χ2n) is 5.25. The van der Waals surface area contributed by atoms with Gasteiger partial charge in [0.25, 0.3) is 0 Å². The molecule has 16 heavy (non-hydrogen) atoms. The van der Waals surface area contributed by atoms with E-state index in [1.165, 1.54) is 31.7 Å². The third kappa shape index (κ3) is 1.86. The highest BCUT2D eigenvalue weighted by atomic mass is 19.1. The van der Waals surface area contributed by atoms with Gasteiger partial charge in [-0.25, -0.2) is 4.39 Å². The van der Waals surface area contributed by atoms with E-state index in [2.05, 4.69) is 5.32 Å². The molecule has 2 fully saturated rings. The predicted octanol–water partition coefficient (Wildman–Crippen LogP) is 3.10. The van der Waals surface area contributed by atoms with Crippen molar-refractivity contribution in [3.05, 3.63) is 35.6 Å². The summed E-state index contributed by atoms with van der Waals surface area (Å²) >= 11 is 0. The quantitative estimate of drug-likeness (QED) is 0.823. The minimum Gasteiger partial charge on any atom is -0.310 e. The molecule has 1 nitrogen and oxygen atoms in total. The fraction of sp³-hybridized carbons (Fsp3) is 0.571. The molecule has 1 aromatic carbocycles. The van der Waals surface area contributed by atoms with E-state index in [-0.39, 0.29) is 5.82 Å². The first kappa shape index (κ1) is 10.3. The van der Waals surface area contributed by atoms with Crippen molar-refractivity contribution in [2.24, 2.45) is 11.8 Å². The Morgan fingerprint density at radius 3 is 2.75 bits per heavy atom. The smallest absolute Gasteiger partial charge is 0.127 e. The zero-order chi connectivity index (χ0) is 11.0. The summed E-state index contributed by atoms with van der Waals surface area (Å²) in [7, 11) is 0. The third-order valence-electron chi connectivity index (χ3n) is 4.25. The zero-order valence-corrected chi connectivity index (χ0v) is 9.45. The first-order chi connectivity index (χ1) is 7.83. The van der Waals surface area contributed by atoms with E-state index >= 15 is 0 Å². The fourth-order valence-corrected chi connectivity index (χ4v) is 3.38. The summed E-state index contributed by atoms with van der Waals surface area (Å²) in [6.45, 7) is 0.681. The van der Waals surface area contributed by atoms with Crippen LogP contribution in [0.2, 0.25) is 0 Å². The predicted molar refractivity (Wildman–Crippen MR) is 62.5 cm³/mol. The zero-order valence-electron chi connectivity index (χ0n) is 9.45. The molecule has 1 N–H and O–H groups in total. The molecule has 0 amide bonds. The van der Waals surface area contributed by atoms with Crippen molar-refractivity contribution in [2.75, 3.05) is 0 Å². The fourth-order valence-electron chi connectivity index (χ4n) is 3.38. The van der Waals surface area contributed by atoms with Crippen LogP contribution in [0.25, 0.3) is 0 Å². The van der Waals surface area contributed by atoms with Crippen molar-refractivity contribution in [1.82, 2.24) is 5.32 Å². The molecule has 0 heterocycles. The summed E-state index contributed by atoms with van der Waals surface area (Å²) < 4.78 is 13.4. The van der Waals surface area contributed by atoms with Crippen molar-refractivity contribution >= 4 is 0 Å². The molecule has 0 aromatic heterocycles. The lowest BCUT2D eigenvalue weighted by Crippen LogP contribution is -2.33. The molecular weight excluding hydrogens is 201 g/mol. The van der Waals surface area contributed by atoms with Crippen LogP contribution in [-0.2, 0) is 6.54 Å². The maximum absolute atomic E-state index is 13.4. The van der Waals surface area contributed by atoms with Crippen molar-refractivity contribution in [3.8, 4) is 0 Å². The van der Waals surface area contributed by atoms with E-state index in [1.807, 2.05) is 12.1 Å². The minimum atomic E-state index is -0.0850. The van der Waals surface area contributed by atoms with Crippen LogP contribution in [0.5, 0.6) is 0 Å². The first-order valence-electron chi connectivity index (χ1n) is 6.29. The Balaban J connectivity index is 1.59. The van der Waals surface area contributed by atoms with Crippen LogP contribution < -0.4 is 5.32 Å². The van der Waals surface area contributed by atoms with Gasteiger partial charge >= 0.3 is 0 Å². The lowest BCUT2D eigenvalue weighted by atomic mass is 9.95. The Morgan fingerprint density at radius 1 is 1.19 bits per heavy atom. The molecule has 3 atom stereocenters. The monoisotopic (exact) mass is 219 g/mol. The molecular formula is C14H18FN. The maximum Gasteiger partial charge on any atom is 0.127 e. The van der Waals surface area contributed by atoms with Crippen LogP contribution in [0.3, 0.4) is 0 Å². The molecule has 2 aliphatic carbocycles. The number of fused-ring (bicyclic) bond motifs is 2. The van der Waals surface area contributed by atoms with E-state index < -0.39 is 0 Å². The lowest BCUT2D eigenvalue weighted by molar-refractivity contribution is 0.349. The van der Waals surface area contributed by atoms with E-state index in [1.54, 1.807) is 6.07 Å². The Labute approximate surface area is 96.1 Å². The molecule has 0 unspecified atom stereocenters. The van der Waals surface area contributed by atoms with Crippen LogP contribution in [-0.4, -0.2) is 6.04 Å². The van der Waals surface area contributed by atoms with Gasteiger partial charge in [0, 0.05) is 18.2 Å². The molecule has 0 aliphatic heterocycles. The largest absolute Gasteiger partial charge is 0.310 e. The number of hydrogen-bond acceptors (Lipinski definition) is 1. The standard InChI is InChI=1S/C14H18FN/c15-13-4-2-1-3-12(13)9-16-14-8-10-5-6-11(14)7-10/h1-4,10-11,14,16H,5-9H2/t10-,11-,14-/m0/s1. The summed E-state index contributed by atoms with van der Waals surface area (Å²) in [6.07, 6.45) is 5.50. The van der Waals surface area contributed by atoms with Gasteiger partial charge in [-0.15, -0.1) is 0 Å². The highest BCUT2D eigenvalue weighted by Gasteiger charge is 2.38. The highest BCUT2D eigenvalue weighted by Crippen LogP contribution is 2.44. The van der Waals surface area contributed by atoms with Gasteiger partial charge in [-0.2, -0.15) is 0 Å². The normalized spacial score (nSPS) is 32.2. The van der Waals surface area contributed by atoms with Gasteiger partial charge in [-0.3, -0.25) is 0 Å². The van der Waals surface area contributed by atoms with Crippen LogP contribution in [0.4, 0.5) is 4.39 Å². The van der Waals surface area contributed by atoms with Gasteiger partial charge in [0.2, 0.25) is 0 Å². The van der Waals surface area contributed by atoms with Gasteiger partial charge in [-0.1, -0.05) is 24.6 Å². The van der Waals surface area contributed by atoms with Crippen molar-refractivity contribution in [1.29, 1.82) is 0 Å². The van der Waals surface area contributed by atoms with Crippen molar-refractivity contribution < 1.29 is 4.39 Å². The van der Waals surface area contributed by atoms with Crippen LogP contribution >= 0.6 is 0 Å². The van der Waals surface area contributed by atoms with Crippen LogP contribution in [0.15, 0.2) is 24.3 Å². The topological polar surface area (TPSA) is 12.0 Å². The summed E-state index contributed by atoms with van der Waals surface area (Å²) in [5.74, 6) is 1.72. The second-order valence-corrected chi connectivity index (χ2v) is 5.25. The minimum absolute atomic E-state index is 0.0850. The van der Waals surface area contributed by atoms with Gasteiger partial charge in [0.1, 0.15) is 5.82 Å². The SMILES string of the molecule is Fc1ccccc1CN[C@H]1C[C@H]2CC[C@H]1C2. The average molecular weight is 219 g/mol. The molecule has 86 valence electrons. The number of nitrogens with one attached hydrogen (secondary N) is 1. The molecule has 0 saturated heterocycles. The Hall–Kier alpha value is -0.890. The summed E-state index contributed by atoms with van der Waals surface area (Å²) in [4.78, 5) is 0. The molecule has 0 spiro atoms. The Morgan fingerprint density at radius 2 is 2.06 bits per heavy atom. The molecule has 2 aliphatic rings. The summed E-state index contributed by atoms with van der Waals surface area (Å²) in [5, 5.41) is 3.53. The van der Waals surface area contributed by atoms with Crippen molar-refractivity contribution in [3.63, 3.8) is 0 Å². The van der Waals surface area contributed by atoms with Gasteiger partial charge in [0.05, 0.1) is 0 Å². The highest BCUT2D eigenvalue weighted by molar-refractivity contribution is 5.17. The van der Waals surface area contributed by atoms with Gasteiger partial charge < -0.3 is 5.32 Å². The molecule has 2 bridgehead atoms. The average Bonchev–Trinajstić information content (AvgIpc) is 2.90. The third-order valence-corrected chi connectivity index (χ3v) is 4.25. The number of rotatable bonds is 3. The van der Waals surface area contributed by atoms with Crippen LogP contribution in [0.1, 0.15) is 31.2 Å². The van der Waals surface area contributed by atoms with E-state index in [9.17, 15) is 4.39 Å². The first-order valence-corrected chi connectivity index (χ1v) is 6.29. The van der Waals surface area contributed by atoms with Crippen LogP contribution in [0, 0.1) is 17.7 Å². The Bertz CT molecular complexity index is 377. The molecule has 2 heteroatoms. The van der Waals surface area contributed by atoms with E-state index in [0.29, 0.717) is 12.6 Å². The van der Waals surface area contributed by atoms with E-state index in [0.717, 1.165) is 17.4 Å². The van der Waals surface area contributed by atoms with Gasteiger partial charge in [0.15, 0.2) is 0 Å². The summed E-state index contributed by atoms with van der Waals surface area (Å²) in [5.41, 5.74) is 0.797. The number of benzene rings is 1. The molecule has 0 radical (unpaired) electrons. The maximum atomic E-state index is 13.4. The van der Waals surface area contributed by atoms with E-state index in [4.69, 9.17) is 0 Å². The van der Waals surface area contributed by atoms with Crippen molar-refractivity contribution in [2.45, 2.75) is 38.3 Å². The number of hydrogen-bond donors (Lipinski definition) is 1. The molecule has 2 saturated carbocycles. The lowest BCUT2D eigenvalue weighted by Gasteiger charge is -2.23. The summed E-state index contributed by atoms with van der Waals surface area (Å²) in [6, 6.07) is 7.70. The second kappa shape index (κ2) is 4.17. The Kier molecular flexibility index (Phi) is 2.68. The number of halogens is 1. The van der Waals surface area contributed by atoms with Gasteiger partial charge in [-0.05, 0) is 37.2 Å². The molecule has 1 aromatic rings. The molecule has 3 rings (SSSR count).